The molecule has 0 bridgehead atoms. The number of alkyl halides is 3. The third-order valence-electron chi connectivity index (χ3n) is 6.51. The Labute approximate surface area is 229 Å². The van der Waals surface area contributed by atoms with Crippen molar-refractivity contribution in [1.29, 1.82) is 0 Å². The van der Waals surface area contributed by atoms with E-state index in [1.54, 1.807) is 18.2 Å². The van der Waals surface area contributed by atoms with Crippen LogP contribution in [0.15, 0.2) is 30.3 Å². The summed E-state index contributed by atoms with van der Waals surface area (Å²) < 4.78 is 68.0. The lowest BCUT2D eigenvalue weighted by molar-refractivity contribution is -0.139. The van der Waals surface area contributed by atoms with Gasteiger partial charge in [-0.2, -0.15) is 13.2 Å². The maximum absolute atomic E-state index is 14.8. The van der Waals surface area contributed by atoms with Crippen LogP contribution in [0, 0.1) is 17.6 Å². The summed E-state index contributed by atoms with van der Waals surface area (Å²) in [6.07, 6.45) is -4.47. The molecular formula is C27H32ClF5N4O2. The summed E-state index contributed by atoms with van der Waals surface area (Å²) in [6.45, 7) is 6.08. The maximum Gasteiger partial charge on any atom is 0.390 e. The van der Waals surface area contributed by atoms with E-state index >= 15 is 0 Å². The van der Waals surface area contributed by atoms with E-state index in [1.807, 2.05) is 23.6 Å². The molecule has 1 atom stereocenters. The summed E-state index contributed by atoms with van der Waals surface area (Å²) in [7, 11) is 0. The second-order valence-electron chi connectivity index (χ2n) is 10.1. The fourth-order valence-electron chi connectivity index (χ4n) is 4.63. The standard InChI is InChI=1S/C27H32ClF5N4O2/c1-16(2)12-20-15-37(11-10-36(20)9-8-27(31,32)33)23-13-19(28)5-7-22(23)35-26(39)21-6-4-18(14-34-17(3)38)24(29)25(21)30/h4-7,13,16,20H,8-12,14-15H2,1-3H3,(H,34,38)(H,35,39)/t20-/m0/s1. The monoisotopic (exact) mass is 574 g/mol. The average molecular weight is 575 g/mol. The molecule has 0 spiro atoms. The highest BCUT2D eigenvalue weighted by atomic mass is 35.5. The van der Waals surface area contributed by atoms with Crippen molar-refractivity contribution in [2.45, 2.75) is 52.4 Å². The zero-order chi connectivity index (χ0) is 28.9. The molecule has 1 saturated heterocycles. The summed E-state index contributed by atoms with van der Waals surface area (Å²) in [5, 5.41) is 5.38. The van der Waals surface area contributed by atoms with Crippen molar-refractivity contribution in [1.82, 2.24) is 10.2 Å². The van der Waals surface area contributed by atoms with Crippen molar-refractivity contribution < 1.29 is 31.5 Å². The van der Waals surface area contributed by atoms with Crippen LogP contribution in [-0.2, 0) is 11.3 Å². The quantitative estimate of drug-likeness (QED) is 0.361. The van der Waals surface area contributed by atoms with Crippen LogP contribution in [0.1, 0.15) is 49.5 Å². The number of carbonyl (C=O) groups excluding carboxylic acids is 2. The van der Waals surface area contributed by atoms with E-state index in [2.05, 4.69) is 10.6 Å². The van der Waals surface area contributed by atoms with Gasteiger partial charge in [-0.15, -0.1) is 0 Å². The normalized spacial score (nSPS) is 16.5. The number of rotatable bonds is 9. The average Bonchev–Trinajstić information content (AvgIpc) is 2.84. The Kier molecular flexibility index (Phi) is 10.2. The zero-order valence-corrected chi connectivity index (χ0v) is 22.7. The SMILES string of the molecule is CC(=O)NCc1ccc(C(=O)Nc2ccc(Cl)cc2N2CCN(CCC(F)(F)F)[C@@H](CC(C)C)C2)c(F)c1F. The molecule has 1 heterocycles. The van der Waals surface area contributed by atoms with Crippen molar-refractivity contribution in [3.05, 3.63) is 58.1 Å². The fourth-order valence-corrected chi connectivity index (χ4v) is 4.79. The van der Waals surface area contributed by atoms with Crippen LogP contribution in [0.4, 0.5) is 33.3 Å². The molecule has 39 heavy (non-hydrogen) atoms. The van der Waals surface area contributed by atoms with Crippen molar-refractivity contribution in [3.8, 4) is 0 Å². The highest BCUT2D eigenvalue weighted by Crippen LogP contribution is 2.33. The van der Waals surface area contributed by atoms with Gasteiger partial charge in [-0.25, -0.2) is 8.78 Å². The zero-order valence-electron chi connectivity index (χ0n) is 22.0. The molecule has 0 unspecified atom stereocenters. The van der Waals surface area contributed by atoms with E-state index < -0.39 is 41.6 Å². The first-order valence-electron chi connectivity index (χ1n) is 12.6. The first-order chi connectivity index (χ1) is 18.2. The number of halogens is 6. The highest BCUT2D eigenvalue weighted by Gasteiger charge is 2.33. The Morgan fingerprint density at radius 2 is 1.82 bits per heavy atom. The Morgan fingerprint density at radius 3 is 2.46 bits per heavy atom. The minimum atomic E-state index is -4.25. The van der Waals surface area contributed by atoms with Crippen molar-refractivity contribution in [2.24, 2.45) is 5.92 Å². The van der Waals surface area contributed by atoms with E-state index in [0.717, 1.165) is 6.07 Å². The van der Waals surface area contributed by atoms with Crippen molar-refractivity contribution >= 4 is 34.8 Å². The van der Waals surface area contributed by atoms with Crippen LogP contribution in [0.2, 0.25) is 5.02 Å². The van der Waals surface area contributed by atoms with E-state index in [4.69, 9.17) is 11.6 Å². The Balaban J connectivity index is 1.82. The molecule has 2 aromatic carbocycles. The maximum atomic E-state index is 14.8. The van der Waals surface area contributed by atoms with Gasteiger partial charge in [0.15, 0.2) is 11.6 Å². The predicted octanol–water partition coefficient (Wildman–Crippen LogP) is 6.00. The molecule has 2 aromatic rings. The predicted molar refractivity (Wildman–Crippen MR) is 141 cm³/mol. The van der Waals surface area contributed by atoms with Gasteiger partial charge in [0, 0.05) is 56.3 Å². The molecule has 2 amide bonds. The van der Waals surface area contributed by atoms with Crippen LogP contribution < -0.4 is 15.5 Å². The Hall–Kier alpha value is -2.92. The number of nitrogens with one attached hydrogen (secondary N) is 2. The summed E-state index contributed by atoms with van der Waals surface area (Å²) in [5.41, 5.74) is 0.211. The number of benzene rings is 2. The second-order valence-corrected chi connectivity index (χ2v) is 10.5. The van der Waals surface area contributed by atoms with Crippen LogP contribution in [0.5, 0.6) is 0 Å². The van der Waals surface area contributed by atoms with Crippen molar-refractivity contribution in [2.75, 3.05) is 36.4 Å². The van der Waals surface area contributed by atoms with Crippen molar-refractivity contribution in [3.63, 3.8) is 0 Å². The van der Waals surface area contributed by atoms with Crippen LogP contribution in [-0.4, -0.2) is 55.1 Å². The molecule has 3 rings (SSSR count). The van der Waals surface area contributed by atoms with E-state index in [-0.39, 0.29) is 30.6 Å². The molecule has 1 aliphatic rings. The Bertz CT molecular complexity index is 1190. The van der Waals surface area contributed by atoms with Gasteiger partial charge in [0.2, 0.25) is 5.91 Å². The molecule has 12 heteroatoms. The summed E-state index contributed by atoms with van der Waals surface area (Å²) >= 11 is 6.24. The van der Waals surface area contributed by atoms with Crippen LogP contribution >= 0.6 is 11.6 Å². The number of carbonyl (C=O) groups is 2. The molecule has 0 saturated carbocycles. The molecule has 1 fully saturated rings. The molecule has 2 N–H and O–H groups in total. The summed E-state index contributed by atoms with van der Waals surface area (Å²) in [5.74, 6) is -3.64. The summed E-state index contributed by atoms with van der Waals surface area (Å²) in [6, 6.07) is 6.91. The highest BCUT2D eigenvalue weighted by molar-refractivity contribution is 6.31. The minimum absolute atomic E-state index is 0.101. The lowest BCUT2D eigenvalue weighted by Gasteiger charge is -2.43. The van der Waals surface area contributed by atoms with Gasteiger partial charge in [0.05, 0.1) is 23.4 Å². The van der Waals surface area contributed by atoms with Gasteiger partial charge in [-0.3, -0.25) is 14.5 Å². The number of nitrogens with zero attached hydrogens (tertiary/aromatic N) is 2. The summed E-state index contributed by atoms with van der Waals surface area (Å²) in [4.78, 5) is 27.8. The van der Waals surface area contributed by atoms with Gasteiger partial charge in [0.1, 0.15) is 0 Å². The number of hydrogen-bond donors (Lipinski definition) is 2. The first kappa shape index (κ1) is 30.6. The number of amides is 2. The van der Waals surface area contributed by atoms with Crippen LogP contribution in [0.25, 0.3) is 0 Å². The Morgan fingerprint density at radius 1 is 1.10 bits per heavy atom. The third kappa shape index (κ3) is 8.53. The van der Waals surface area contributed by atoms with Gasteiger partial charge >= 0.3 is 6.18 Å². The van der Waals surface area contributed by atoms with Gasteiger partial charge in [0.25, 0.3) is 5.91 Å². The molecule has 0 aliphatic carbocycles. The molecular weight excluding hydrogens is 543 g/mol. The lowest BCUT2D eigenvalue weighted by Crippen LogP contribution is -2.54. The molecule has 0 aromatic heterocycles. The van der Waals surface area contributed by atoms with Gasteiger partial charge in [-0.1, -0.05) is 31.5 Å². The second kappa shape index (κ2) is 13.0. The largest absolute Gasteiger partial charge is 0.390 e. The van der Waals surface area contributed by atoms with E-state index in [1.165, 1.54) is 13.0 Å². The minimum Gasteiger partial charge on any atom is -0.367 e. The number of hydrogen-bond acceptors (Lipinski definition) is 4. The molecule has 214 valence electrons. The topological polar surface area (TPSA) is 64.7 Å². The number of piperazine rings is 1. The van der Waals surface area contributed by atoms with Gasteiger partial charge in [-0.05, 0) is 36.6 Å². The smallest absolute Gasteiger partial charge is 0.367 e. The van der Waals surface area contributed by atoms with Gasteiger partial charge < -0.3 is 15.5 Å². The molecule has 6 nitrogen and oxygen atoms in total. The number of anilines is 2. The lowest BCUT2D eigenvalue weighted by atomic mass is 9.99. The fraction of sp³-hybridized carbons (Fsp3) is 0.481. The van der Waals surface area contributed by atoms with E-state index in [9.17, 15) is 31.5 Å². The molecule has 0 radical (unpaired) electrons. The van der Waals surface area contributed by atoms with Crippen LogP contribution in [0.3, 0.4) is 0 Å². The third-order valence-corrected chi connectivity index (χ3v) is 6.75. The van der Waals surface area contributed by atoms with E-state index in [0.29, 0.717) is 42.5 Å². The first-order valence-corrected chi connectivity index (χ1v) is 13.0. The molecule has 1 aliphatic heterocycles.